The zero-order chi connectivity index (χ0) is 17.3. The highest BCUT2D eigenvalue weighted by molar-refractivity contribution is 5.79. The molecule has 0 fully saturated rings. The van der Waals surface area contributed by atoms with Crippen molar-refractivity contribution in [1.29, 1.82) is 0 Å². The fourth-order valence-corrected chi connectivity index (χ4v) is 1.68. The van der Waals surface area contributed by atoms with Crippen molar-refractivity contribution in [1.82, 2.24) is 15.6 Å². The fourth-order valence-electron chi connectivity index (χ4n) is 1.68. The number of nitrogens with zero attached hydrogens (tertiary/aromatic N) is 2. The maximum atomic E-state index is 12.4. The molecule has 1 atom stereocenters. The molecule has 1 aromatic heterocycles. The van der Waals surface area contributed by atoms with Gasteiger partial charge >= 0.3 is 6.18 Å². The molecule has 1 rings (SSSR count). The Balaban J connectivity index is 2.33. The van der Waals surface area contributed by atoms with Gasteiger partial charge in [0.15, 0.2) is 5.96 Å². The Kier molecular flexibility index (Phi) is 7.60. The molecule has 0 saturated heterocycles. The van der Waals surface area contributed by atoms with Crippen molar-refractivity contribution < 1.29 is 22.6 Å². The zero-order valence-corrected chi connectivity index (χ0v) is 13.3. The van der Waals surface area contributed by atoms with Crippen LogP contribution in [0, 0.1) is 0 Å². The minimum Gasteiger partial charge on any atom is -0.476 e. The van der Waals surface area contributed by atoms with E-state index in [2.05, 4.69) is 20.6 Å². The van der Waals surface area contributed by atoms with Crippen molar-refractivity contribution >= 4 is 5.96 Å². The number of aliphatic imine (C=N–C) groups is 1. The van der Waals surface area contributed by atoms with E-state index >= 15 is 0 Å². The number of pyridine rings is 1. The van der Waals surface area contributed by atoms with Gasteiger partial charge in [0.1, 0.15) is 6.61 Å². The summed E-state index contributed by atoms with van der Waals surface area (Å²) >= 11 is 0. The third-order valence-corrected chi connectivity index (χ3v) is 2.73. The van der Waals surface area contributed by atoms with Crippen LogP contribution in [0.3, 0.4) is 0 Å². The third kappa shape index (κ3) is 7.18. The second-order valence-corrected chi connectivity index (χ2v) is 4.73. The van der Waals surface area contributed by atoms with E-state index in [0.29, 0.717) is 19.1 Å². The summed E-state index contributed by atoms with van der Waals surface area (Å²) in [4.78, 5) is 7.66. The van der Waals surface area contributed by atoms with Crippen LogP contribution in [-0.4, -0.2) is 50.9 Å². The highest BCUT2D eigenvalue weighted by atomic mass is 19.4. The van der Waals surface area contributed by atoms with Crippen LogP contribution in [-0.2, 0) is 10.9 Å². The van der Waals surface area contributed by atoms with E-state index in [9.17, 15) is 13.2 Å². The lowest BCUT2D eigenvalue weighted by molar-refractivity contribution is -0.137. The summed E-state index contributed by atoms with van der Waals surface area (Å²) in [6.45, 7) is 3.13. The van der Waals surface area contributed by atoms with Crippen LogP contribution in [0.15, 0.2) is 23.3 Å². The molecule has 0 amide bonds. The van der Waals surface area contributed by atoms with Crippen molar-refractivity contribution in [3.8, 4) is 5.88 Å². The van der Waals surface area contributed by atoms with E-state index in [1.54, 1.807) is 14.2 Å². The number of rotatable bonds is 7. The number of nitrogens with one attached hydrogen (secondary N) is 2. The maximum Gasteiger partial charge on any atom is 0.417 e. The molecule has 2 N–H and O–H groups in total. The van der Waals surface area contributed by atoms with Gasteiger partial charge in [-0.25, -0.2) is 4.98 Å². The van der Waals surface area contributed by atoms with Crippen molar-refractivity contribution in [2.45, 2.75) is 19.1 Å². The van der Waals surface area contributed by atoms with Gasteiger partial charge in [-0.1, -0.05) is 0 Å². The van der Waals surface area contributed by atoms with E-state index in [0.717, 1.165) is 12.3 Å². The monoisotopic (exact) mass is 334 g/mol. The Morgan fingerprint density at radius 2 is 2.13 bits per heavy atom. The molecular weight excluding hydrogens is 313 g/mol. The number of hydrogen-bond acceptors (Lipinski definition) is 4. The van der Waals surface area contributed by atoms with Gasteiger partial charge in [0.2, 0.25) is 5.88 Å². The second-order valence-electron chi connectivity index (χ2n) is 4.73. The van der Waals surface area contributed by atoms with Crippen molar-refractivity contribution in [3.63, 3.8) is 0 Å². The van der Waals surface area contributed by atoms with Gasteiger partial charge in [-0.2, -0.15) is 13.2 Å². The largest absolute Gasteiger partial charge is 0.476 e. The predicted octanol–water partition coefficient (Wildman–Crippen LogP) is 1.68. The molecule has 0 radical (unpaired) electrons. The minimum absolute atomic E-state index is 0.0868. The first-order valence-electron chi connectivity index (χ1n) is 6.99. The number of alkyl halides is 3. The molecule has 0 aliphatic heterocycles. The molecule has 0 aromatic carbocycles. The number of aromatic nitrogens is 1. The molecule has 23 heavy (non-hydrogen) atoms. The number of guanidine groups is 1. The summed E-state index contributed by atoms with van der Waals surface area (Å²) in [5.41, 5.74) is -0.806. The minimum atomic E-state index is -4.40. The molecule has 0 bridgehead atoms. The highest BCUT2D eigenvalue weighted by Crippen LogP contribution is 2.29. The molecule has 1 aromatic rings. The molecular formula is C14H21F3N4O2. The Hall–Kier alpha value is -2.03. The first kappa shape index (κ1) is 19.0. The van der Waals surface area contributed by atoms with Crippen molar-refractivity contribution in [3.05, 3.63) is 23.9 Å². The van der Waals surface area contributed by atoms with Gasteiger partial charge in [-0.15, -0.1) is 0 Å². The Labute approximate surface area is 133 Å². The normalized spacial score (nSPS) is 13.6. The third-order valence-electron chi connectivity index (χ3n) is 2.73. The van der Waals surface area contributed by atoms with E-state index in [-0.39, 0.29) is 18.5 Å². The van der Waals surface area contributed by atoms with Gasteiger partial charge in [0.25, 0.3) is 0 Å². The number of hydrogen-bond donors (Lipinski definition) is 2. The number of methoxy groups -OCH3 is 1. The molecule has 9 heteroatoms. The first-order chi connectivity index (χ1) is 10.9. The number of ether oxygens (including phenoxy) is 2. The molecule has 0 saturated carbocycles. The molecule has 0 aliphatic rings. The van der Waals surface area contributed by atoms with Crippen LogP contribution in [0.25, 0.3) is 0 Å². The standard InChI is InChI=1S/C14H21F3N4O2/c1-10(9-22-3)21-13(18-2)19-6-7-23-12-5-4-11(8-20-12)14(15,16)17/h4-5,8,10H,6-7,9H2,1-3H3,(H2,18,19,21). The van der Waals surface area contributed by atoms with Crippen LogP contribution >= 0.6 is 0 Å². The summed E-state index contributed by atoms with van der Waals surface area (Å²) in [6.07, 6.45) is -3.65. The van der Waals surface area contributed by atoms with E-state index in [1.807, 2.05) is 6.92 Å². The van der Waals surface area contributed by atoms with Crippen LogP contribution < -0.4 is 15.4 Å². The molecule has 0 spiro atoms. The Morgan fingerprint density at radius 1 is 1.39 bits per heavy atom. The van der Waals surface area contributed by atoms with E-state index in [1.165, 1.54) is 6.07 Å². The van der Waals surface area contributed by atoms with Gasteiger partial charge in [0.05, 0.1) is 18.7 Å². The SMILES string of the molecule is CN=C(NCCOc1ccc(C(F)(F)F)cn1)NC(C)COC. The second kappa shape index (κ2) is 9.19. The van der Waals surface area contributed by atoms with Crippen molar-refractivity contribution in [2.24, 2.45) is 4.99 Å². The fraction of sp³-hybridized carbons (Fsp3) is 0.571. The van der Waals surface area contributed by atoms with Gasteiger partial charge in [-0.05, 0) is 13.0 Å². The quantitative estimate of drug-likeness (QED) is 0.451. The Bertz CT molecular complexity index is 492. The molecule has 0 aliphatic carbocycles. The summed E-state index contributed by atoms with van der Waals surface area (Å²) in [7, 11) is 3.24. The van der Waals surface area contributed by atoms with Crippen LogP contribution in [0.5, 0.6) is 5.88 Å². The Morgan fingerprint density at radius 3 is 2.65 bits per heavy atom. The highest BCUT2D eigenvalue weighted by Gasteiger charge is 2.30. The lowest BCUT2D eigenvalue weighted by atomic mass is 10.3. The van der Waals surface area contributed by atoms with Crippen molar-refractivity contribution in [2.75, 3.05) is 33.9 Å². The summed E-state index contributed by atoms with van der Waals surface area (Å²) in [6, 6.07) is 2.21. The lowest BCUT2D eigenvalue weighted by Crippen LogP contribution is -2.45. The van der Waals surface area contributed by atoms with Crippen LogP contribution in [0.4, 0.5) is 13.2 Å². The summed E-state index contributed by atoms with van der Waals surface area (Å²) in [5.74, 6) is 0.717. The maximum absolute atomic E-state index is 12.4. The summed E-state index contributed by atoms with van der Waals surface area (Å²) < 4.78 is 47.5. The smallest absolute Gasteiger partial charge is 0.417 e. The van der Waals surface area contributed by atoms with Gasteiger partial charge in [0, 0.05) is 32.5 Å². The molecule has 1 heterocycles. The molecule has 1 unspecified atom stereocenters. The van der Waals surface area contributed by atoms with E-state index in [4.69, 9.17) is 9.47 Å². The topological polar surface area (TPSA) is 67.8 Å². The number of halogens is 3. The molecule has 130 valence electrons. The average molecular weight is 334 g/mol. The van der Waals surface area contributed by atoms with Crippen LogP contribution in [0.1, 0.15) is 12.5 Å². The lowest BCUT2D eigenvalue weighted by Gasteiger charge is -2.17. The predicted molar refractivity (Wildman–Crippen MR) is 80.6 cm³/mol. The molecule has 6 nitrogen and oxygen atoms in total. The van der Waals surface area contributed by atoms with E-state index < -0.39 is 11.7 Å². The zero-order valence-electron chi connectivity index (χ0n) is 13.3. The average Bonchev–Trinajstić information content (AvgIpc) is 2.50. The van der Waals surface area contributed by atoms with Gasteiger partial charge in [-0.3, -0.25) is 4.99 Å². The van der Waals surface area contributed by atoms with Crippen LogP contribution in [0.2, 0.25) is 0 Å². The summed E-state index contributed by atoms with van der Waals surface area (Å²) in [5, 5.41) is 6.12. The van der Waals surface area contributed by atoms with Gasteiger partial charge < -0.3 is 20.1 Å². The first-order valence-corrected chi connectivity index (χ1v) is 6.99.